The quantitative estimate of drug-likeness (QED) is 0.761. The normalized spacial score (nSPS) is 10.6. The van der Waals surface area contributed by atoms with Gasteiger partial charge in [0.1, 0.15) is 0 Å². The lowest BCUT2D eigenvalue weighted by atomic mass is 10.3. The molecule has 3 nitrogen and oxygen atoms in total. The Morgan fingerprint density at radius 2 is 2.05 bits per heavy atom. The molecule has 19 heavy (non-hydrogen) atoms. The molecular weight excluding hydrogens is 322 g/mol. The topological polar surface area (TPSA) is 29.9 Å². The van der Waals surface area contributed by atoms with Crippen LogP contribution >= 0.6 is 27.3 Å². The first-order valence-corrected chi connectivity index (χ1v) is 7.55. The molecule has 5 heteroatoms. The fourth-order valence-corrected chi connectivity index (χ4v) is 3.28. The van der Waals surface area contributed by atoms with Crippen LogP contribution in [0.5, 0.6) is 0 Å². The number of rotatable bonds is 4. The highest BCUT2D eigenvalue weighted by Crippen LogP contribution is 2.25. The summed E-state index contributed by atoms with van der Waals surface area (Å²) >= 11 is 5.30. The van der Waals surface area contributed by atoms with Crippen LogP contribution in [0.1, 0.15) is 4.88 Å². The van der Waals surface area contributed by atoms with Gasteiger partial charge < -0.3 is 9.88 Å². The lowest BCUT2D eigenvalue weighted by Crippen LogP contribution is -2.03. The zero-order valence-corrected chi connectivity index (χ0v) is 12.5. The number of para-hydroxylation sites is 1. The van der Waals surface area contributed by atoms with Gasteiger partial charge in [0.05, 0.1) is 6.54 Å². The van der Waals surface area contributed by atoms with E-state index in [2.05, 4.69) is 42.2 Å². The minimum absolute atomic E-state index is 0.813. The molecule has 3 aromatic rings. The van der Waals surface area contributed by atoms with Gasteiger partial charge in [-0.15, -0.1) is 11.3 Å². The number of anilines is 2. The highest BCUT2D eigenvalue weighted by molar-refractivity contribution is 9.10. The number of halogens is 1. The summed E-state index contributed by atoms with van der Waals surface area (Å²) in [5.41, 5.74) is 1.04. The lowest BCUT2D eigenvalue weighted by Gasteiger charge is -2.09. The van der Waals surface area contributed by atoms with Gasteiger partial charge in [0.25, 0.3) is 0 Å². The van der Waals surface area contributed by atoms with Gasteiger partial charge in [0, 0.05) is 27.4 Å². The SMILES string of the molecule is Brc1ccsc1Cn1ccnc1Nc1ccccc1. The van der Waals surface area contributed by atoms with Gasteiger partial charge in [-0.05, 0) is 39.5 Å². The number of nitrogens with zero attached hydrogens (tertiary/aromatic N) is 2. The minimum Gasteiger partial charge on any atom is -0.326 e. The number of imidazole rings is 1. The molecule has 1 aromatic carbocycles. The Kier molecular flexibility index (Phi) is 3.66. The number of thiophene rings is 1. The summed E-state index contributed by atoms with van der Waals surface area (Å²) in [6.45, 7) is 0.813. The Morgan fingerprint density at radius 3 is 2.79 bits per heavy atom. The molecule has 96 valence electrons. The van der Waals surface area contributed by atoms with Gasteiger partial charge in [0.2, 0.25) is 5.95 Å². The second-order valence-electron chi connectivity index (χ2n) is 4.06. The zero-order valence-electron chi connectivity index (χ0n) is 10.1. The molecule has 3 rings (SSSR count). The van der Waals surface area contributed by atoms with Crippen molar-refractivity contribution in [2.75, 3.05) is 5.32 Å². The summed E-state index contributed by atoms with van der Waals surface area (Å²) in [6.07, 6.45) is 3.80. The van der Waals surface area contributed by atoms with Crippen LogP contribution in [0, 0.1) is 0 Å². The van der Waals surface area contributed by atoms with Crippen LogP contribution in [0.2, 0.25) is 0 Å². The first-order chi connectivity index (χ1) is 9.33. The van der Waals surface area contributed by atoms with E-state index in [-0.39, 0.29) is 0 Å². The lowest BCUT2D eigenvalue weighted by molar-refractivity contribution is 0.818. The van der Waals surface area contributed by atoms with Crippen molar-refractivity contribution >= 4 is 38.9 Å². The number of benzene rings is 1. The molecule has 2 aromatic heterocycles. The molecule has 0 saturated carbocycles. The molecule has 0 fully saturated rings. The molecule has 0 aliphatic rings. The second-order valence-corrected chi connectivity index (χ2v) is 5.92. The van der Waals surface area contributed by atoms with Crippen LogP contribution in [0.3, 0.4) is 0 Å². The Hall–Kier alpha value is -1.59. The van der Waals surface area contributed by atoms with Gasteiger partial charge in [-0.3, -0.25) is 0 Å². The van der Waals surface area contributed by atoms with E-state index >= 15 is 0 Å². The van der Waals surface area contributed by atoms with Gasteiger partial charge in [-0.2, -0.15) is 0 Å². The summed E-state index contributed by atoms with van der Waals surface area (Å²) < 4.78 is 3.25. The molecule has 0 aliphatic carbocycles. The zero-order chi connectivity index (χ0) is 13.1. The fourth-order valence-electron chi connectivity index (χ4n) is 1.80. The van der Waals surface area contributed by atoms with E-state index in [0.29, 0.717) is 0 Å². The van der Waals surface area contributed by atoms with Crippen LogP contribution in [-0.4, -0.2) is 9.55 Å². The molecule has 0 bridgehead atoms. The monoisotopic (exact) mass is 333 g/mol. The number of hydrogen-bond acceptors (Lipinski definition) is 3. The Bertz CT molecular complexity index is 660. The van der Waals surface area contributed by atoms with Gasteiger partial charge in [0.15, 0.2) is 0 Å². The molecule has 0 amide bonds. The molecule has 0 saturated heterocycles. The van der Waals surface area contributed by atoms with Crippen molar-refractivity contribution in [1.29, 1.82) is 0 Å². The van der Waals surface area contributed by atoms with E-state index in [4.69, 9.17) is 0 Å². The minimum atomic E-state index is 0.813. The third kappa shape index (κ3) is 2.88. The summed E-state index contributed by atoms with van der Waals surface area (Å²) in [5, 5.41) is 5.41. The summed E-state index contributed by atoms with van der Waals surface area (Å²) in [5.74, 6) is 0.853. The first-order valence-electron chi connectivity index (χ1n) is 5.88. The van der Waals surface area contributed by atoms with Crippen molar-refractivity contribution < 1.29 is 0 Å². The number of aromatic nitrogens is 2. The average molecular weight is 334 g/mol. The molecule has 0 spiro atoms. The Morgan fingerprint density at radius 1 is 1.21 bits per heavy atom. The van der Waals surface area contributed by atoms with E-state index in [1.165, 1.54) is 4.88 Å². The maximum Gasteiger partial charge on any atom is 0.207 e. The third-order valence-corrected chi connectivity index (χ3v) is 4.66. The molecular formula is C14H12BrN3S. The molecule has 0 atom stereocenters. The predicted octanol–water partition coefficient (Wildman–Crippen LogP) is 4.50. The first kappa shape index (κ1) is 12.4. The number of nitrogens with one attached hydrogen (secondary N) is 1. The van der Waals surface area contributed by atoms with Crippen LogP contribution in [0.25, 0.3) is 0 Å². The van der Waals surface area contributed by atoms with Crippen molar-refractivity contribution in [2.45, 2.75) is 6.54 Å². The van der Waals surface area contributed by atoms with Crippen molar-refractivity contribution in [3.8, 4) is 0 Å². The fraction of sp³-hybridized carbons (Fsp3) is 0.0714. The van der Waals surface area contributed by atoms with Crippen LogP contribution in [0.15, 0.2) is 58.6 Å². The molecule has 1 N–H and O–H groups in total. The van der Waals surface area contributed by atoms with Crippen molar-refractivity contribution in [3.05, 3.63) is 63.5 Å². The van der Waals surface area contributed by atoms with E-state index in [1.54, 1.807) is 11.3 Å². The smallest absolute Gasteiger partial charge is 0.207 e. The maximum atomic E-state index is 4.36. The molecule has 0 unspecified atom stereocenters. The molecule has 0 aliphatic heterocycles. The summed E-state index contributed by atoms with van der Waals surface area (Å²) in [7, 11) is 0. The second kappa shape index (κ2) is 5.59. The Labute approximate surface area is 124 Å². The van der Waals surface area contributed by atoms with E-state index in [9.17, 15) is 0 Å². The van der Waals surface area contributed by atoms with Gasteiger partial charge in [-0.25, -0.2) is 4.98 Å². The average Bonchev–Trinajstić information content (AvgIpc) is 3.02. The van der Waals surface area contributed by atoms with Crippen LogP contribution < -0.4 is 5.32 Å². The van der Waals surface area contributed by atoms with Gasteiger partial charge in [-0.1, -0.05) is 18.2 Å². The highest BCUT2D eigenvalue weighted by Gasteiger charge is 2.07. The van der Waals surface area contributed by atoms with Crippen molar-refractivity contribution in [2.24, 2.45) is 0 Å². The predicted molar refractivity (Wildman–Crippen MR) is 83.1 cm³/mol. The van der Waals surface area contributed by atoms with E-state index in [1.807, 2.05) is 42.7 Å². The van der Waals surface area contributed by atoms with E-state index in [0.717, 1.165) is 22.7 Å². The third-order valence-electron chi connectivity index (χ3n) is 2.75. The van der Waals surface area contributed by atoms with Crippen LogP contribution in [-0.2, 0) is 6.54 Å². The number of hydrogen-bond donors (Lipinski definition) is 1. The molecule has 2 heterocycles. The largest absolute Gasteiger partial charge is 0.326 e. The van der Waals surface area contributed by atoms with Crippen molar-refractivity contribution in [1.82, 2.24) is 9.55 Å². The highest BCUT2D eigenvalue weighted by atomic mass is 79.9. The standard InChI is InChI=1S/C14H12BrN3S/c15-12-6-9-19-13(12)10-18-8-7-16-14(18)17-11-4-2-1-3-5-11/h1-9H,10H2,(H,16,17). The Balaban J connectivity index is 1.81. The van der Waals surface area contributed by atoms with E-state index < -0.39 is 0 Å². The summed E-state index contributed by atoms with van der Waals surface area (Å²) in [6, 6.07) is 12.1. The van der Waals surface area contributed by atoms with Crippen molar-refractivity contribution in [3.63, 3.8) is 0 Å². The maximum absolute atomic E-state index is 4.36. The summed E-state index contributed by atoms with van der Waals surface area (Å²) in [4.78, 5) is 5.65. The van der Waals surface area contributed by atoms with Gasteiger partial charge >= 0.3 is 0 Å². The van der Waals surface area contributed by atoms with Crippen LogP contribution in [0.4, 0.5) is 11.6 Å². The molecule has 0 radical (unpaired) electrons.